The van der Waals surface area contributed by atoms with Gasteiger partial charge in [0.1, 0.15) is 10.9 Å². The second-order valence-electron chi connectivity index (χ2n) is 4.18. The number of nitrogens with two attached hydrogens (primary N) is 2. The molecule has 1 aromatic carbocycles. The van der Waals surface area contributed by atoms with E-state index in [1.165, 1.54) is 6.08 Å². The summed E-state index contributed by atoms with van der Waals surface area (Å²) in [4.78, 5) is 2.81. The molecule has 1 aromatic heterocycles. The molecule has 0 saturated carbocycles. The van der Waals surface area contributed by atoms with Crippen molar-refractivity contribution < 1.29 is 13.5 Å². The van der Waals surface area contributed by atoms with Crippen molar-refractivity contribution in [2.24, 2.45) is 5.73 Å². The van der Waals surface area contributed by atoms with Crippen LogP contribution in [0.25, 0.3) is 12.3 Å². The molecule has 7 heteroatoms. The van der Waals surface area contributed by atoms with Crippen molar-refractivity contribution in [1.29, 1.82) is 0 Å². The predicted octanol–water partition coefficient (Wildman–Crippen LogP) is 1.51. The van der Waals surface area contributed by atoms with Crippen LogP contribution in [-0.2, 0) is 0 Å². The lowest BCUT2D eigenvalue weighted by atomic mass is 10.2. The lowest BCUT2D eigenvalue weighted by molar-refractivity contribution is 0.427. The van der Waals surface area contributed by atoms with Gasteiger partial charge >= 0.3 is 0 Å². The SMILES string of the molecule is C=c1[nH]cc/c1=C(/C=C(\N)Cl)Oc1c(F)cc(N)cc1F. The van der Waals surface area contributed by atoms with Crippen molar-refractivity contribution in [2.75, 3.05) is 5.73 Å². The Balaban J connectivity index is 2.61. The first-order valence-electron chi connectivity index (χ1n) is 5.80. The third-order valence-electron chi connectivity index (χ3n) is 2.60. The van der Waals surface area contributed by atoms with E-state index in [1.54, 1.807) is 12.3 Å². The summed E-state index contributed by atoms with van der Waals surface area (Å²) >= 11 is 5.61. The summed E-state index contributed by atoms with van der Waals surface area (Å²) in [7, 11) is 0. The minimum Gasteiger partial charge on any atom is -0.450 e. The molecule has 0 spiro atoms. The molecule has 0 fully saturated rings. The Hall–Kier alpha value is -2.47. The number of nitrogens with one attached hydrogen (secondary N) is 1. The molecule has 21 heavy (non-hydrogen) atoms. The van der Waals surface area contributed by atoms with Crippen LogP contribution in [0.5, 0.6) is 5.75 Å². The Labute approximate surface area is 124 Å². The van der Waals surface area contributed by atoms with E-state index < -0.39 is 17.4 Å². The number of rotatable bonds is 3. The highest BCUT2D eigenvalue weighted by atomic mass is 35.5. The number of nitrogen functional groups attached to an aromatic ring is 1. The lowest BCUT2D eigenvalue weighted by Gasteiger charge is -2.09. The minimum absolute atomic E-state index is 0.0502. The third-order valence-corrected chi connectivity index (χ3v) is 2.71. The number of benzene rings is 1. The van der Waals surface area contributed by atoms with Crippen LogP contribution < -0.4 is 26.8 Å². The van der Waals surface area contributed by atoms with Crippen molar-refractivity contribution in [3.05, 3.63) is 57.8 Å². The summed E-state index contributed by atoms with van der Waals surface area (Å²) < 4.78 is 32.8. The topological polar surface area (TPSA) is 77.1 Å². The summed E-state index contributed by atoms with van der Waals surface area (Å²) in [6.45, 7) is 3.73. The predicted molar refractivity (Wildman–Crippen MR) is 78.5 cm³/mol. The first-order chi connectivity index (χ1) is 9.88. The average Bonchev–Trinajstić information content (AvgIpc) is 2.78. The smallest absolute Gasteiger partial charge is 0.198 e. The molecule has 0 bridgehead atoms. The average molecular weight is 312 g/mol. The molecule has 0 saturated heterocycles. The number of aromatic nitrogens is 1. The summed E-state index contributed by atoms with van der Waals surface area (Å²) in [5.41, 5.74) is 10.7. The first kappa shape index (κ1) is 14.9. The molecule has 0 atom stereocenters. The van der Waals surface area contributed by atoms with E-state index in [9.17, 15) is 8.78 Å². The zero-order valence-corrected chi connectivity index (χ0v) is 11.5. The monoisotopic (exact) mass is 311 g/mol. The maximum atomic E-state index is 13.8. The van der Waals surface area contributed by atoms with Gasteiger partial charge in [-0.05, 0) is 6.07 Å². The maximum absolute atomic E-state index is 13.8. The summed E-state index contributed by atoms with van der Waals surface area (Å²) in [6.07, 6.45) is 2.82. The van der Waals surface area contributed by atoms with E-state index in [4.69, 9.17) is 27.8 Å². The van der Waals surface area contributed by atoms with Gasteiger partial charge in [-0.3, -0.25) is 0 Å². The van der Waals surface area contributed by atoms with Gasteiger partial charge in [0.15, 0.2) is 17.4 Å². The molecular weight excluding hydrogens is 300 g/mol. The highest BCUT2D eigenvalue weighted by Gasteiger charge is 2.14. The van der Waals surface area contributed by atoms with Gasteiger partial charge in [-0.15, -0.1) is 0 Å². The van der Waals surface area contributed by atoms with Gasteiger partial charge in [-0.25, -0.2) is 8.78 Å². The number of halogens is 3. The van der Waals surface area contributed by atoms with Crippen LogP contribution in [-0.4, -0.2) is 4.98 Å². The number of hydrogen-bond acceptors (Lipinski definition) is 3. The molecule has 2 rings (SSSR count). The lowest BCUT2D eigenvalue weighted by Crippen LogP contribution is -2.25. The fraction of sp³-hybridized carbons (Fsp3) is 0. The van der Waals surface area contributed by atoms with Gasteiger partial charge in [0.2, 0.25) is 0 Å². The van der Waals surface area contributed by atoms with Crippen LogP contribution in [0.1, 0.15) is 0 Å². The highest BCUT2D eigenvalue weighted by molar-refractivity contribution is 6.29. The molecule has 110 valence electrons. The number of H-pyrrole nitrogens is 1. The van der Waals surface area contributed by atoms with Crippen LogP contribution in [0.3, 0.4) is 0 Å². The van der Waals surface area contributed by atoms with Crippen molar-refractivity contribution in [2.45, 2.75) is 0 Å². The quantitative estimate of drug-likeness (QED) is 0.594. The van der Waals surface area contributed by atoms with Gasteiger partial charge in [-0.2, -0.15) is 0 Å². The van der Waals surface area contributed by atoms with Gasteiger partial charge in [-0.1, -0.05) is 18.2 Å². The van der Waals surface area contributed by atoms with Crippen LogP contribution in [0.2, 0.25) is 0 Å². The van der Waals surface area contributed by atoms with Gasteiger partial charge in [0.05, 0.1) is 0 Å². The van der Waals surface area contributed by atoms with E-state index in [0.29, 0.717) is 10.6 Å². The van der Waals surface area contributed by atoms with Crippen LogP contribution in [0.4, 0.5) is 14.5 Å². The van der Waals surface area contributed by atoms with Crippen molar-refractivity contribution in [3.63, 3.8) is 0 Å². The number of anilines is 1. The Bertz CT molecular complexity index is 787. The summed E-state index contributed by atoms with van der Waals surface area (Å²) in [6, 6.07) is 3.51. The van der Waals surface area contributed by atoms with E-state index in [2.05, 4.69) is 11.6 Å². The van der Waals surface area contributed by atoms with Crippen LogP contribution in [0.15, 0.2) is 35.6 Å². The number of ether oxygens (including phenoxy) is 1. The first-order valence-corrected chi connectivity index (χ1v) is 6.18. The third kappa shape index (κ3) is 3.35. The zero-order valence-electron chi connectivity index (χ0n) is 10.8. The molecular formula is C14H12ClF2N3O. The van der Waals surface area contributed by atoms with Crippen molar-refractivity contribution >= 4 is 29.6 Å². The van der Waals surface area contributed by atoms with E-state index >= 15 is 0 Å². The fourth-order valence-electron chi connectivity index (χ4n) is 1.71. The van der Waals surface area contributed by atoms with Crippen LogP contribution in [0, 0.1) is 11.6 Å². The highest BCUT2D eigenvalue weighted by Crippen LogP contribution is 2.26. The van der Waals surface area contributed by atoms with Crippen molar-refractivity contribution in [1.82, 2.24) is 4.98 Å². The molecule has 0 aliphatic carbocycles. The van der Waals surface area contributed by atoms with E-state index in [1.807, 2.05) is 0 Å². The molecule has 0 aliphatic rings. The molecule has 4 nitrogen and oxygen atoms in total. The van der Waals surface area contributed by atoms with Gasteiger partial charge in [0.25, 0.3) is 0 Å². The van der Waals surface area contributed by atoms with Gasteiger partial charge < -0.3 is 21.2 Å². The molecule has 0 aliphatic heterocycles. The summed E-state index contributed by atoms with van der Waals surface area (Å²) in [5.74, 6) is -2.43. The second-order valence-corrected chi connectivity index (χ2v) is 4.62. The molecule has 0 radical (unpaired) electrons. The van der Waals surface area contributed by atoms with E-state index in [0.717, 1.165) is 12.1 Å². The molecule has 2 aromatic rings. The molecule has 1 heterocycles. The standard InChI is InChI=1S/C14H12ClF2N3O/c1-7-9(2-3-20-7)12(6-13(15)19)21-14-10(16)4-8(18)5-11(14)17/h2-6,20H,1,18-19H2/b12-9+,13-6-. The Morgan fingerprint density at radius 1 is 1.33 bits per heavy atom. The minimum atomic E-state index is -0.937. The van der Waals surface area contributed by atoms with Gasteiger partial charge in [0, 0.05) is 40.7 Å². The normalized spacial score (nSPS) is 13.2. The molecule has 0 unspecified atom stereocenters. The number of aromatic amines is 1. The summed E-state index contributed by atoms with van der Waals surface area (Å²) in [5, 5.41) is 0.839. The molecule has 5 N–H and O–H groups in total. The Kier molecular flexibility index (Phi) is 4.18. The zero-order chi connectivity index (χ0) is 15.6. The number of hydrogen-bond donors (Lipinski definition) is 3. The molecule has 0 amide bonds. The fourth-order valence-corrected chi connectivity index (χ4v) is 1.81. The van der Waals surface area contributed by atoms with Crippen LogP contribution >= 0.6 is 11.6 Å². The maximum Gasteiger partial charge on any atom is 0.198 e. The van der Waals surface area contributed by atoms with Crippen molar-refractivity contribution in [3.8, 4) is 5.75 Å². The Morgan fingerprint density at radius 3 is 2.43 bits per heavy atom. The Morgan fingerprint density at radius 2 is 1.95 bits per heavy atom. The van der Waals surface area contributed by atoms with E-state index in [-0.39, 0.29) is 16.6 Å². The second kappa shape index (κ2) is 5.88. The largest absolute Gasteiger partial charge is 0.450 e.